The molecule has 2 aromatic rings. The van der Waals surface area contributed by atoms with Crippen LogP contribution in [0.4, 0.5) is 0 Å². The summed E-state index contributed by atoms with van der Waals surface area (Å²) >= 11 is 0. The molecule has 3 nitrogen and oxygen atoms in total. The zero-order valence-electron chi connectivity index (χ0n) is 11.5. The Hall–Kier alpha value is -1.84. The van der Waals surface area contributed by atoms with Gasteiger partial charge in [-0.05, 0) is 29.2 Å². The van der Waals surface area contributed by atoms with E-state index in [2.05, 4.69) is 30.3 Å². The Bertz CT molecular complexity index is 583. The lowest BCUT2D eigenvalue weighted by Crippen LogP contribution is -2.39. The van der Waals surface area contributed by atoms with Crippen LogP contribution in [0.1, 0.15) is 22.6 Å². The van der Waals surface area contributed by atoms with E-state index in [4.69, 9.17) is 16.2 Å². The largest absolute Gasteiger partial charge is 0.492 e. The van der Waals surface area contributed by atoms with Crippen LogP contribution in [-0.4, -0.2) is 12.6 Å². The molecule has 0 amide bonds. The standard InChI is InChI=1S/C17H20N2O/c18-10-13-6-7-17-15(9-13)14(16(19)11-20-17)8-12-4-2-1-3-5-12/h1-7,9,14,16H,8,10-11,18-19H2/t14-,16-/m1/s1. The van der Waals surface area contributed by atoms with Gasteiger partial charge in [-0.25, -0.2) is 0 Å². The van der Waals surface area contributed by atoms with Crippen LogP contribution in [0.5, 0.6) is 5.75 Å². The van der Waals surface area contributed by atoms with Crippen LogP contribution < -0.4 is 16.2 Å². The molecule has 0 spiro atoms. The fraction of sp³-hybridized carbons (Fsp3) is 0.294. The van der Waals surface area contributed by atoms with Crippen LogP contribution in [0.3, 0.4) is 0 Å². The minimum absolute atomic E-state index is 0.0238. The van der Waals surface area contributed by atoms with Crippen molar-refractivity contribution in [1.82, 2.24) is 0 Å². The Morgan fingerprint density at radius 1 is 1.05 bits per heavy atom. The van der Waals surface area contributed by atoms with Crippen molar-refractivity contribution in [2.24, 2.45) is 11.5 Å². The molecule has 0 bridgehead atoms. The number of ether oxygens (including phenoxy) is 1. The van der Waals surface area contributed by atoms with E-state index >= 15 is 0 Å². The van der Waals surface area contributed by atoms with Gasteiger partial charge >= 0.3 is 0 Å². The number of rotatable bonds is 3. The maximum Gasteiger partial charge on any atom is 0.122 e. The van der Waals surface area contributed by atoms with Gasteiger partial charge in [0.2, 0.25) is 0 Å². The van der Waals surface area contributed by atoms with Crippen molar-refractivity contribution in [2.75, 3.05) is 6.61 Å². The van der Waals surface area contributed by atoms with Crippen molar-refractivity contribution >= 4 is 0 Å². The molecule has 2 atom stereocenters. The number of benzene rings is 2. The van der Waals surface area contributed by atoms with Crippen molar-refractivity contribution in [3.05, 3.63) is 65.2 Å². The molecule has 0 fully saturated rings. The van der Waals surface area contributed by atoms with Crippen LogP contribution in [0, 0.1) is 0 Å². The third kappa shape index (κ3) is 2.55. The predicted octanol–water partition coefficient (Wildman–Crippen LogP) is 2.19. The van der Waals surface area contributed by atoms with Gasteiger partial charge in [0, 0.05) is 18.5 Å². The first-order chi connectivity index (χ1) is 9.78. The van der Waals surface area contributed by atoms with Gasteiger partial charge in [0.25, 0.3) is 0 Å². The summed E-state index contributed by atoms with van der Waals surface area (Å²) in [5.74, 6) is 1.23. The number of nitrogens with two attached hydrogens (primary N) is 2. The fourth-order valence-corrected chi connectivity index (χ4v) is 2.81. The Labute approximate surface area is 119 Å². The minimum Gasteiger partial charge on any atom is -0.492 e. The Morgan fingerprint density at radius 3 is 2.60 bits per heavy atom. The second kappa shape index (κ2) is 5.65. The Balaban J connectivity index is 1.94. The lowest BCUT2D eigenvalue weighted by molar-refractivity contribution is 0.238. The second-order valence-electron chi connectivity index (χ2n) is 5.35. The molecule has 1 aliphatic heterocycles. The molecular weight excluding hydrogens is 248 g/mol. The molecule has 0 unspecified atom stereocenters. The Morgan fingerprint density at radius 2 is 1.85 bits per heavy atom. The smallest absolute Gasteiger partial charge is 0.122 e. The molecule has 1 heterocycles. The quantitative estimate of drug-likeness (QED) is 0.897. The summed E-state index contributed by atoms with van der Waals surface area (Å²) in [6.07, 6.45) is 0.937. The average molecular weight is 268 g/mol. The molecule has 3 rings (SSSR count). The van der Waals surface area contributed by atoms with E-state index < -0.39 is 0 Å². The molecule has 0 saturated carbocycles. The summed E-state index contributed by atoms with van der Waals surface area (Å²) in [6.45, 7) is 1.12. The molecule has 2 aromatic carbocycles. The maximum absolute atomic E-state index is 6.28. The first-order valence-electron chi connectivity index (χ1n) is 7.03. The summed E-state index contributed by atoms with van der Waals surface area (Å²) in [5.41, 5.74) is 15.6. The Kier molecular flexibility index (Phi) is 3.72. The molecule has 0 saturated heterocycles. The average Bonchev–Trinajstić information content (AvgIpc) is 2.51. The summed E-state index contributed by atoms with van der Waals surface area (Å²) in [4.78, 5) is 0. The molecule has 0 radical (unpaired) electrons. The first-order valence-corrected chi connectivity index (χ1v) is 7.03. The molecule has 0 aliphatic carbocycles. The van der Waals surface area contributed by atoms with Crippen LogP contribution >= 0.6 is 0 Å². The number of fused-ring (bicyclic) bond motifs is 1. The zero-order chi connectivity index (χ0) is 13.9. The zero-order valence-corrected chi connectivity index (χ0v) is 11.5. The molecule has 3 heteroatoms. The van der Waals surface area contributed by atoms with Gasteiger partial charge in [-0.15, -0.1) is 0 Å². The van der Waals surface area contributed by atoms with Gasteiger partial charge in [-0.3, -0.25) is 0 Å². The lowest BCUT2D eigenvalue weighted by Gasteiger charge is -2.32. The van der Waals surface area contributed by atoms with Gasteiger partial charge in [0.15, 0.2) is 0 Å². The highest BCUT2D eigenvalue weighted by atomic mass is 16.5. The van der Waals surface area contributed by atoms with E-state index in [1.807, 2.05) is 18.2 Å². The van der Waals surface area contributed by atoms with Crippen molar-refractivity contribution < 1.29 is 4.74 Å². The highest BCUT2D eigenvalue weighted by Crippen LogP contribution is 2.35. The van der Waals surface area contributed by atoms with Gasteiger partial charge in [0.1, 0.15) is 12.4 Å². The van der Waals surface area contributed by atoms with E-state index in [-0.39, 0.29) is 12.0 Å². The normalized spacial score (nSPS) is 21.1. The summed E-state index contributed by atoms with van der Waals surface area (Å²) in [7, 11) is 0. The molecular formula is C17H20N2O. The van der Waals surface area contributed by atoms with E-state index in [1.165, 1.54) is 11.1 Å². The van der Waals surface area contributed by atoms with Gasteiger partial charge in [-0.1, -0.05) is 42.5 Å². The first kappa shape index (κ1) is 13.2. The summed E-state index contributed by atoms with van der Waals surface area (Å²) in [6, 6.07) is 16.7. The summed E-state index contributed by atoms with van der Waals surface area (Å²) in [5, 5.41) is 0. The van der Waals surface area contributed by atoms with Crippen LogP contribution in [0.15, 0.2) is 48.5 Å². The van der Waals surface area contributed by atoms with E-state index in [1.54, 1.807) is 0 Å². The third-order valence-corrected chi connectivity index (χ3v) is 3.96. The summed E-state index contributed by atoms with van der Waals surface area (Å²) < 4.78 is 5.74. The second-order valence-corrected chi connectivity index (χ2v) is 5.35. The van der Waals surface area contributed by atoms with Gasteiger partial charge in [0.05, 0.1) is 0 Å². The molecule has 0 aromatic heterocycles. The van der Waals surface area contributed by atoms with E-state index in [0.29, 0.717) is 13.2 Å². The highest BCUT2D eigenvalue weighted by Gasteiger charge is 2.28. The topological polar surface area (TPSA) is 61.3 Å². The number of hydrogen-bond acceptors (Lipinski definition) is 3. The van der Waals surface area contributed by atoms with E-state index in [0.717, 1.165) is 17.7 Å². The maximum atomic E-state index is 6.28. The highest BCUT2D eigenvalue weighted by molar-refractivity contribution is 5.43. The number of hydrogen-bond donors (Lipinski definition) is 2. The van der Waals surface area contributed by atoms with Gasteiger partial charge in [-0.2, -0.15) is 0 Å². The van der Waals surface area contributed by atoms with Crippen molar-refractivity contribution in [3.8, 4) is 5.75 Å². The van der Waals surface area contributed by atoms with Crippen molar-refractivity contribution in [1.29, 1.82) is 0 Å². The lowest BCUT2D eigenvalue weighted by atomic mass is 9.84. The predicted molar refractivity (Wildman–Crippen MR) is 80.7 cm³/mol. The van der Waals surface area contributed by atoms with E-state index in [9.17, 15) is 0 Å². The molecule has 20 heavy (non-hydrogen) atoms. The van der Waals surface area contributed by atoms with Crippen molar-refractivity contribution in [2.45, 2.75) is 24.9 Å². The minimum atomic E-state index is 0.0238. The third-order valence-electron chi connectivity index (χ3n) is 3.96. The molecule has 1 aliphatic rings. The molecule has 104 valence electrons. The van der Waals surface area contributed by atoms with Crippen molar-refractivity contribution in [3.63, 3.8) is 0 Å². The van der Waals surface area contributed by atoms with Gasteiger partial charge < -0.3 is 16.2 Å². The fourth-order valence-electron chi connectivity index (χ4n) is 2.81. The van der Waals surface area contributed by atoms with Crippen LogP contribution in [0.25, 0.3) is 0 Å². The molecule has 4 N–H and O–H groups in total. The SMILES string of the molecule is NCc1ccc2c(c1)[C@@H](Cc1ccccc1)[C@H](N)CO2. The monoisotopic (exact) mass is 268 g/mol. The van der Waals surface area contributed by atoms with Crippen LogP contribution in [0.2, 0.25) is 0 Å². The van der Waals surface area contributed by atoms with Crippen LogP contribution in [-0.2, 0) is 13.0 Å².